The van der Waals surface area contributed by atoms with Gasteiger partial charge in [0.25, 0.3) is 0 Å². The van der Waals surface area contributed by atoms with Crippen molar-refractivity contribution >= 4 is 22.3 Å². The molecule has 1 saturated carbocycles. The van der Waals surface area contributed by atoms with E-state index >= 15 is 0 Å². The first-order valence-electron chi connectivity index (χ1n) is 5.03. The molecule has 0 radical (unpaired) electrons. The Morgan fingerprint density at radius 3 is 2.60 bits per heavy atom. The van der Waals surface area contributed by atoms with Crippen LogP contribution in [0.1, 0.15) is 48.1 Å². The Bertz CT molecular complexity index is 394. The number of nitrogen functional groups attached to an aromatic ring is 1. The fourth-order valence-electron chi connectivity index (χ4n) is 2.11. The zero-order chi connectivity index (χ0) is 11.1. The van der Waals surface area contributed by atoms with Crippen LogP contribution in [0.5, 0.6) is 0 Å². The van der Waals surface area contributed by atoms with Gasteiger partial charge in [-0.05, 0) is 12.8 Å². The van der Waals surface area contributed by atoms with Crippen LogP contribution in [0.15, 0.2) is 0 Å². The van der Waals surface area contributed by atoms with Crippen LogP contribution in [-0.2, 0) is 5.41 Å². The molecule has 1 aromatic heterocycles. The van der Waals surface area contributed by atoms with Crippen molar-refractivity contribution in [3.8, 4) is 0 Å². The topological polar surface area (TPSA) is 76.2 Å². The van der Waals surface area contributed by atoms with Crippen LogP contribution < -0.4 is 5.73 Å². The van der Waals surface area contributed by atoms with Crippen molar-refractivity contribution in [3.05, 3.63) is 10.7 Å². The number of carbonyl (C=O) groups is 1. The molecule has 1 aliphatic carbocycles. The van der Waals surface area contributed by atoms with Crippen molar-refractivity contribution in [1.82, 2.24) is 4.98 Å². The molecule has 4 nitrogen and oxygen atoms in total. The molecule has 1 aromatic rings. The maximum absolute atomic E-state index is 10.8. The van der Waals surface area contributed by atoms with E-state index in [1.807, 2.05) is 0 Å². The predicted octanol–water partition coefficient (Wildman–Crippen LogP) is 2.26. The molecule has 1 aliphatic rings. The van der Waals surface area contributed by atoms with Crippen molar-refractivity contribution in [2.45, 2.75) is 38.0 Å². The smallest absolute Gasteiger partial charge is 0.357 e. The van der Waals surface area contributed by atoms with Gasteiger partial charge < -0.3 is 10.8 Å². The normalized spacial score (nSPS) is 19.3. The first kappa shape index (κ1) is 10.4. The molecule has 0 aromatic carbocycles. The molecule has 0 bridgehead atoms. The van der Waals surface area contributed by atoms with E-state index in [1.165, 1.54) is 24.2 Å². The summed E-state index contributed by atoms with van der Waals surface area (Å²) in [7, 11) is 0. The lowest BCUT2D eigenvalue weighted by Crippen LogP contribution is -2.16. The summed E-state index contributed by atoms with van der Waals surface area (Å²) in [6.07, 6.45) is 4.55. The highest BCUT2D eigenvalue weighted by Crippen LogP contribution is 2.43. The van der Waals surface area contributed by atoms with Gasteiger partial charge in [-0.3, -0.25) is 0 Å². The molecule has 0 atom stereocenters. The zero-order valence-electron chi connectivity index (χ0n) is 8.62. The van der Waals surface area contributed by atoms with Crippen LogP contribution in [-0.4, -0.2) is 16.1 Å². The lowest BCUT2D eigenvalue weighted by Gasteiger charge is -2.19. The number of hydrogen-bond acceptors (Lipinski definition) is 4. The summed E-state index contributed by atoms with van der Waals surface area (Å²) < 4.78 is 0. The van der Waals surface area contributed by atoms with E-state index in [0.717, 1.165) is 17.8 Å². The zero-order valence-corrected chi connectivity index (χ0v) is 9.43. The van der Waals surface area contributed by atoms with Gasteiger partial charge in [0, 0.05) is 5.41 Å². The Kier molecular flexibility index (Phi) is 2.42. The third-order valence-electron chi connectivity index (χ3n) is 3.08. The Morgan fingerprint density at radius 2 is 2.13 bits per heavy atom. The number of hydrogen-bond donors (Lipinski definition) is 2. The summed E-state index contributed by atoms with van der Waals surface area (Å²) in [5.74, 6) is -1.03. The quantitative estimate of drug-likeness (QED) is 0.811. The molecule has 0 saturated heterocycles. The number of aromatic carboxylic acids is 1. The van der Waals surface area contributed by atoms with Crippen LogP contribution in [0.2, 0.25) is 0 Å². The molecule has 0 unspecified atom stereocenters. The standard InChI is InChI=1S/C10H14N2O2S/c1-10(4-2-3-5-10)9-12-6(8(13)14)7(11)15-9/h2-5,11H2,1H3,(H,13,14). The maximum Gasteiger partial charge on any atom is 0.357 e. The number of carboxylic acids is 1. The molecule has 0 aliphatic heterocycles. The van der Waals surface area contributed by atoms with Gasteiger partial charge in [-0.2, -0.15) is 0 Å². The minimum Gasteiger partial charge on any atom is -0.476 e. The number of aromatic nitrogens is 1. The summed E-state index contributed by atoms with van der Waals surface area (Å²) in [6.45, 7) is 2.14. The molecule has 0 amide bonds. The van der Waals surface area contributed by atoms with E-state index in [0.29, 0.717) is 5.00 Å². The van der Waals surface area contributed by atoms with Gasteiger partial charge >= 0.3 is 5.97 Å². The number of nitrogens with two attached hydrogens (primary N) is 1. The number of nitrogens with zero attached hydrogens (tertiary/aromatic N) is 1. The van der Waals surface area contributed by atoms with Crippen LogP contribution in [0.3, 0.4) is 0 Å². The van der Waals surface area contributed by atoms with Crippen molar-refractivity contribution in [1.29, 1.82) is 0 Å². The first-order valence-corrected chi connectivity index (χ1v) is 5.85. The number of carboxylic acid groups (broad SMARTS) is 1. The van der Waals surface area contributed by atoms with E-state index in [-0.39, 0.29) is 11.1 Å². The molecule has 2 rings (SSSR count). The Morgan fingerprint density at radius 1 is 1.53 bits per heavy atom. The average molecular weight is 226 g/mol. The Labute approximate surface area is 92.1 Å². The van der Waals surface area contributed by atoms with Crippen molar-refractivity contribution < 1.29 is 9.90 Å². The molecule has 5 heteroatoms. The van der Waals surface area contributed by atoms with Crippen LogP contribution in [0.4, 0.5) is 5.00 Å². The second-order valence-electron chi connectivity index (χ2n) is 4.30. The molecule has 82 valence electrons. The second-order valence-corrected chi connectivity index (χ2v) is 5.34. The fourth-order valence-corrected chi connectivity index (χ4v) is 3.14. The minimum atomic E-state index is -1.03. The third kappa shape index (κ3) is 1.71. The predicted molar refractivity (Wildman–Crippen MR) is 59.3 cm³/mol. The van der Waals surface area contributed by atoms with Gasteiger partial charge in [-0.1, -0.05) is 19.8 Å². The number of rotatable bonds is 2. The lowest BCUT2D eigenvalue weighted by atomic mass is 9.90. The highest BCUT2D eigenvalue weighted by Gasteiger charge is 2.34. The second kappa shape index (κ2) is 3.48. The van der Waals surface area contributed by atoms with Gasteiger partial charge in [0.2, 0.25) is 0 Å². The van der Waals surface area contributed by atoms with E-state index in [4.69, 9.17) is 10.8 Å². The maximum atomic E-state index is 10.8. The number of thiazole rings is 1. The molecular weight excluding hydrogens is 212 g/mol. The van der Waals surface area contributed by atoms with E-state index in [1.54, 1.807) is 0 Å². The minimum absolute atomic E-state index is 0.0168. The van der Waals surface area contributed by atoms with Gasteiger partial charge in [0.15, 0.2) is 5.69 Å². The largest absolute Gasteiger partial charge is 0.476 e. The molecule has 3 N–H and O–H groups in total. The first-order chi connectivity index (χ1) is 7.03. The monoisotopic (exact) mass is 226 g/mol. The Balaban J connectivity index is 2.37. The third-order valence-corrected chi connectivity index (χ3v) is 4.27. The average Bonchev–Trinajstić information content (AvgIpc) is 2.72. The molecule has 1 heterocycles. The molecular formula is C10H14N2O2S. The van der Waals surface area contributed by atoms with Crippen LogP contribution in [0.25, 0.3) is 0 Å². The van der Waals surface area contributed by atoms with E-state index < -0.39 is 5.97 Å². The Hall–Kier alpha value is -1.10. The summed E-state index contributed by atoms with van der Waals surface area (Å²) in [5.41, 5.74) is 5.71. The van der Waals surface area contributed by atoms with Crippen molar-refractivity contribution in [2.75, 3.05) is 5.73 Å². The van der Waals surface area contributed by atoms with Gasteiger partial charge in [-0.25, -0.2) is 9.78 Å². The fraction of sp³-hybridized carbons (Fsp3) is 0.600. The van der Waals surface area contributed by atoms with Crippen molar-refractivity contribution in [2.24, 2.45) is 0 Å². The van der Waals surface area contributed by atoms with E-state index in [9.17, 15) is 4.79 Å². The van der Waals surface area contributed by atoms with E-state index in [2.05, 4.69) is 11.9 Å². The summed E-state index contributed by atoms with van der Waals surface area (Å²) >= 11 is 1.32. The van der Waals surface area contributed by atoms with Crippen LogP contribution in [0, 0.1) is 0 Å². The molecule has 1 fully saturated rings. The van der Waals surface area contributed by atoms with Gasteiger partial charge in [0.05, 0.1) is 0 Å². The van der Waals surface area contributed by atoms with Crippen molar-refractivity contribution in [3.63, 3.8) is 0 Å². The van der Waals surface area contributed by atoms with Gasteiger partial charge in [0.1, 0.15) is 10.0 Å². The summed E-state index contributed by atoms with van der Waals surface area (Å²) in [5, 5.41) is 10.1. The molecule has 0 spiro atoms. The highest BCUT2D eigenvalue weighted by molar-refractivity contribution is 7.16. The lowest BCUT2D eigenvalue weighted by molar-refractivity contribution is 0.0692. The molecule has 15 heavy (non-hydrogen) atoms. The summed E-state index contributed by atoms with van der Waals surface area (Å²) in [4.78, 5) is 15.0. The van der Waals surface area contributed by atoms with Gasteiger partial charge in [-0.15, -0.1) is 11.3 Å². The summed E-state index contributed by atoms with van der Waals surface area (Å²) in [6, 6.07) is 0. The highest BCUT2D eigenvalue weighted by atomic mass is 32.1. The number of anilines is 1. The van der Waals surface area contributed by atoms with Crippen LogP contribution >= 0.6 is 11.3 Å². The SMILES string of the molecule is CC1(c2nc(C(=O)O)c(N)s2)CCCC1.